The molecule has 20 heavy (non-hydrogen) atoms. The number of halogens is 1. The highest BCUT2D eigenvalue weighted by Gasteiger charge is 2.23. The lowest BCUT2D eigenvalue weighted by Crippen LogP contribution is -2.48. The van der Waals surface area contributed by atoms with Crippen molar-refractivity contribution in [1.82, 2.24) is 10.2 Å². The molecular weight excluding hydrogens is 255 g/mol. The van der Waals surface area contributed by atoms with E-state index < -0.39 is 0 Å². The van der Waals surface area contributed by atoms with Crippen molar-refractivity contribution in [3.05, 3.63) is 35.6 Å². The van der Waals surface area contributed by atoms with E-state index in [1.165, 1.54) is 12.1 Å². The Bertz CT molecular complexity index is 409. The summed E-state index contributed by atoms with van der Waals surface area (Å²) in [5, 5.41) is 3.32. The molecule has 3 nitrogen and oxygen atoms in total. The smallest absolute Gasteiger partial charge is 0.123 e. The molecule has 0 aromatic heterocycles. The van der Waals surface area contributed by atoms with Crippen molar-refractivity contribution in [1.29, 1.82) is 0 Å². The number of hydrogen-bond acceptors (Lipinski definition) is 3. The van der Waals surface area contributed by atoms with E-state index in [1.54, 1.807) is 0 Å². The minimum atomic E-state index is -0.181. The molecule has 1 N–H and O–H groups in total. The lowest BCUT2D eigenvalue weighted by molar-refractivity contribution is -0.0502. The second-order valence-electron chi connectivity index (χ2n) is 5.67. The number of morpholine rings is 1. The molecule has 1 saturated heterocycles. The van der Waals surface area contributed by atoms with Gasteiger partial charge in [-0.05, 0) is 45.0 Å². The van der Waals surface area contributed by atoms with Crippen LogP contribution in [-0.2, 0) is 4.74 Å². The van der Waals surface area contributed by atoms with E-state index in [2.05, 4.69) is 24.1 Å². The van der Waals surface area contributed by atoms with Crippen LogP contribution in [0.25, 0.3) is 0 Å². The molecule has 1 aliphatic heterocycles. The maximum absolute atomic E-state index is 13.0. The quantitative estimate of drug-likeness (QED) is 0.897. The zero-order chi connectivity index (χ0) is 14.5. The Morgan fingerprint density at radius 1 is 1.35 bits per heavy atom. The second kappa shape index (κ2) is 7.16. The summed E-state index contributed by atoms with van der Waals surface area (Å²) in [6.45, 7) is 7.15. The predicted octanol–water partition coefficient (Wildman–Crippen LogP) is 2.59. The third-order valence-corrected chi connectivity index (χ3v) is 4.06. The molecule has 0 spiro atoms. The summed E-state index contributed by atoms with van der Waals surface area (Å²) in [6.07, 6.45) is 1.32. The number of hydrogen-bond donors (Lipinski definition) is 1. The topological polar surface area (TPSA) is 24.5 Å². The summed E-state index contributed by atoms with van der Waals surface area (Å²) in [7, 11) is 1.96. The fourth-order valence-corrected chi connectivity index (χ4v) is 2.75. The second-order valence-corrected chi connectivity index (χ2v) is 5.67. The number of rotatable bonds is 5. The number of nitrogens with one attached hydrogen (secondary N) is 1. The van der Waals surface area contributed by atoms with E-state index in [0.29, 0.717) is 12.1 Å². The van der Waals surface area contributed by atoms with Crippen molar-refractivity contribution in [2.24, 2.45) is 0 Å². The van der Waals surface area contributed by atoms with Crippen LogP contribution >= 0.6 is 0 Å². The number of benzene rings is 1. The highest BCUT2D eigenvalue weighted by molar-refractivity contribution is 5.19. The molecule has 1 aromatic rings. The maximum atomic E-state index is 13.0. The molecule has 0 radical (unpaired) electrons. The van der Waals surface area contributed by atoms with Gasteiger partial charge in [-0.25, -0.2) is 4.39 Å². The van der Waals surface area contributed by atoms with Crippen LogP contribution in [0, 0.1) is 5.82 Å². The largest absolute Gasteiger partial charge is 0.376 e. The first-order valence-electron chi connectivity index (χ1n) is 7.38. The fraction of sp³-hybridized carbons (Fsp3) is 0.625. The van der Waals surface area contributed by atoms with Gasteiger partial charge < -0.3 is 10.1 Å². The standard InChI is InChI=1S/C16H25FN2O/c1-12-11-20-13(2)10-19(12)9-8-16(18-3)14-4-6-15(17)7-5-14/h4-7,12-13,16,18H,8-11H2,1-3H3. The zero-order valence-corrected chi connectivity index (χ0v) is 12.6. The minimum Gasteiger partial charge on any atom is -0.376 e. The molecular formula is C16H25FN2O. The third-order valence-electron chi connectivity index (χ3n) is 4.06. The number of nitrogens with zero attached hydrogens (tertiary/aromatic N) is 1. The van der Waals surface area contributed by atoms with Gasteiger partial charge in [0.15, 0.2) is 0 Å². The Labute approximate surface area is 121 Å². The van der Waals surface area contributed by atoms with Gasteiger partial charge in [-0.3, -0.25) is 4.90 Å². The van der Waals surface area contributed by atoms with Crippen molar-refractivity contribution in [2.45, 2.75) is 38.5 Å². The summed E-state index contributed by atoms with van der Waals surface area (Å²) in [5.74, 6) is -0.181. The average molecular weight is 280 g/mol. The van der Waals surface area contributed by atoms with Crippen LogP contribution in [0.2, 0.25) is 0 Å². The molecule has 112 valence electrons. The summed E-state index contributed by atoms with van der Waals surface area (Å²) in [4.78, 5) is 2.47. The summed E-state index contributed by atoms with van der Waals surface area (Å²) >= 11 is 0. The molecule has 1 aliphatic rings. The first-order valence-corrected chi connectivity index (χ1v) is 7.38. The van der Waals surface area contributed by atoms with E-state index in [4.69, 9.17) is 4.74 Å². The first kappa shape index (κ1) is 15.4. The normalized spacial score (nSPS) is 25.6. The summed E-state index contributed by atoms with van der Waals surface area (Å²) in [6, 6.07) is 7.51. The van der Waals surface area contributed by atoms with Crippen molar-refractivity contribution < 1.29 is 9.13 Å². The molecule has 2 rings (SSSR count). The van der Waals surface area contributed by atoms with Crippen LogP contribution in [0.1, 0.15) is 31.9 Å². The summed E-state index contributed by atoms with van der Waals surface area (Å²) in [5.41, 5.74) is 1.14. The molecule has 0 aliphatic carbocycles. The predicted molar refractivity (Wildman–Crippen MR) is 79.3 cm³/mol. The third kappa shape index (κ3) is 4.01. The van der Waals surface area contributed by atoms with Gasteiger partial charge in [-0.1, -0.05) is 12.1 Å². The van der Waals surface area contributed by atoms with Gasteiger partial charge in [-0.15, -0.1) is 0 Å². The van der Waals surface area contributed by atoms with Gasteiger partial charge in [0.1, 0.15) is 5.82 Å². The van der Waals surface area contributed by atoms with Gasteiger partial charge in [-0.2, -0.15) is 0 Å². The molecule has 0 amide bonds. The van der Waals surface area contributed by atoms with Crippen LogP contribution in [0.4, 0.5) is 4.39 Å². The Kier molecular flexibility index (Phi) is 5.52. The van der Waals surface area contributed by atoms with Crippen molar-refractivity contribution >= 4 is 0 Å². The Morgan fingerprint density at radius 2 is 2.05 bits per heavy atom. The van der Waals surface area contributed by atoms with Crippen LogP contribution in [0.15, 0.2) is 24.3 Å². The highest BCUT2D eigenvalue weighted by atomic mass is 19.1. The van der Waals surface area contributed by atoms with Crippen LogP contribution in [0.5, 0.6) is 0 Å². The van der Waals surface area contributed by atoms with Crippen LogP contribution < -0.4 is 5.32 Å². The van der Waals surface area contributed by atoms with E-state index in [9.17, 15) is 4.39 Å². The van der Waals surface area contributed by atoms with Crippen molar-refractivity contribution in [3.63, 3.8) is 0 Å². The lowest BCUT2D eigenvalue weighted by atomic mass is 10.0. The van der Waals surface area contributed by atoms with Gasteiger partial charge >= 0.3 is 0 Å². The fourth-order valence-electron chi connectivity index (χ4n) is 2.75. The van der Waals surface area contributed by atoms with Crippen LogP contribution in [-0.4, -0.2) is 43.8 Å². The molecule has 0 bridgehead atoms. The Balaban J connectivity index is 1.91. The first-order chi connectivity index (χ1) is 9.60. The maximum Gasteiger partial charge on any atom is 0.123 e. The molecule has 4 heteroatoms. The molecule has 1 heterocycles. The van der Waals surface area contributed by atoms with E-state index in [1.807, 2.05) is 19.2 Å². The van der Waals surface area contributed by atoms with Crippen molar-refractivity contribution in [3.8, 4) is 0 Å². The average Bonchev–Trinajstić information content (AvgIpc) is 2.45. The van der Waals surface area contributed by atoms with Gasteiger partial charge in [0.2, 0.25) is 0 Å². The monoisotopic (exact) mass is 280 g/mol. The number of ether oxygens (including phenoxy) is 1. The Hall–Kier alpha value is -0.970. The molecule has 1 fully saturated rings. The Morgan fingerprint density at radius 3 is 2.70 bits per heavy atom. The summed E-state index contributed by atoms with van der Waals surface area (Å²) < 4.78 is 18.6. The van der Waals surface area contributed by atoms with Gasteiger partial charge in [0.05, 0.1) is 12.7 Å². The molecule has 3 unspecified atom stereocenters. The lowest BCUT2D eigenvalue weighted by Gasteiger charge is -2.37. The van der Waals surface area contributed by atoms with Crippen LogP contribution in [0.3, 0.4) is 0 Å². The molecule has 0 saturated carbocycles. The van der Waals surface area contributed by atoms with E-state index in [-0.39, 0.29) is 11.9 Å². The minimum absolute atomic E-state index is 0.181. The highest BCUT2D eigenvalue weighted by Crippen LogP contribution is 2.19. The van der Waals surface area contributed by atoms with E-state index >= 15 is 0 Å². The van der Waals surface area contributed by atoms with Gasteiger partial charge in [0.25, 0.3) is 0 Å². The van der Waals surface area contributed by atoms with E-state index in [0.717, 1.165) is 31.7 Å². The zero-order valence-electron chi connectivity index (χ0n) is 12.6. The molecule has 3 atom stereocenters. The van der Waals surface area contributed by atoms with Gasteiger partial charge in [0, 0.05) is 25.2 Å². The SMILES string of the molecule is CNC(CCN1CC(C)OCC1C)c1ccc(F)cc1. The molecule has 1 aromatic carbocycles. The van der Waals surface area contributed by atoms with Crippen molar-refractivity contribution in [2.75, 3.05) is 26.7 Å².